The maximum absolute atomic E-state index is 12.4. The molecular formula is C16H21ClN2O2. The lowest BCUT2D eigenvalue weighted by Crippen LogP contribution is -2.36. The molecule has 2 unspecified atom stereocenters. The van der Waals surface area contributed by atoms with E-state index in [0.717, 1.165) is 11.3 Å². The number of benzene rings is 1. The fourth-order valence-electron chi connectivity index (χ4n) is 2.18. The van der Waals surface area contributed by atoms with Crippen molar-refractivity contribution in [2.45, 2.75) is 19.5 Å². The summed E-state index contributed by atoms with van der Waals surface area (Å²) >= 11 is 0. The lowest BCUT2D eigenvalue weighted by atomic mass is 9.94. The van der Waals surface area contributed by atoms with Crippen LogP contribution in [0.15, 0.2) is 53.1 Å². The molecule has 1 aromatic heterocycles. The Morgan fingerprint density at radius 2 is 1.90 bits per heavy atom. The van der Waals surface area contributed by atoms with E-state index >= 15 is 0 Å². The number of hydrogen-bond donors (Lipinski definition) is 1. The number of amides is 1. The minimum Gasteiger partial charge on any atom is -0.467 e. The summed E-state index contributed by atoms with van der Waals surface area (Å²) in [5.41, 5.74) is 7.15. The van der Waals surface area contributed by atoms with Gasteiger partial charge in [-0.3, -0.25) is 4.79 Å². The van der Waals surface area contributed by atoms with Gasteiger partial charge in [0, 0.05) is 13.1 Å². The standard InChI is InChI=1S/C16H20N2O2.ClH/c1-12(15(17)13-7-4-3-5-8-13)16(19)18(2)11-14-9-6-10-20-14;/h3-10,12,15H,11,17H2,1-2H3;1H. The van der Waals surface area contributed by atoms with Gasteiger partial charge in [0.1, 0.15) is 5.76 Å². The van der Waals surface area contributed by atoms with E-state index in [9.17, 15) is 4.79 Å². The molecule has 0 aliphatic carbocycles. The van der Waals surface area contributed by atoms with Gasteiger partial charge in [-0.1, -0.05) is 37.3 Å². The van der Waals surface area contributed by atoms with Gasteiger partial charge in [0.05, 0.1) is 18.7 Å². The molecular weight excluding hydrogens is 288 g/mol. The molecule has 2 aromatic rings. The number of nitrogens with zero attached hydrogens (tertiary/aromatic N) is 1. The molecule has 0 saturated heterocycles. The predicted molar refractivity (Wildman–Crippen MR) is 85.0 cm³/mol. The highest BCUT2D eigenvalue weighted by molar-refractivity contribution is 5.85. The normalized spacial score (nSPS) is 13.1. The van der Waals surface area contributed by atoms with Crippen molar-refractivity contribution in [2.24, 2.45) is 11.7 Å². The van der Waals surface area contributed by atoms with Crippen molar-refractivity contribution in [1.29, 1.82) is 0 Å². The average Bonchev–Trinajstić information content (AvgIpc) is 2.98. The molecule has 0 aliphatic rings. The van der Waals surface area contributed by atoms with Gasteiger partial charge in [-0.25, -0.2) is 0 Å². The molecule has 4 nitrogen and oxygen atoms in total. The van der Waals surface area contributed by atoms with E-state index in [2.05, 4.69) is 0 Å². The van der Waals surface area contributed by atoms with Gasteiger partial charge in [0.2, 0.25) is 5.91 Å². The van der Waals surface area contributed by atoms with Crippen LogP contribution in [0.4, 0.5) is 0 Å². The largest absolute Gasteiger partial charge is 0.467 e. The molecule has 0 aliphatic heterocycles. The molecule has 114 valence electrons. The van der Waals surface area contributed by atoms with E-state index in [1.807, 2.05) is 49.4 Å². The van der Waals surface area contributed by atoms with E-state index in [1.54, 1.807) is 18.2 Å². The second-order valence-corrected chi connectivity index (χ2v) is 5.00. The van der Waals surface area contributed by atoms with Crippen LogP contribution in [0.1, 0.15) is 24.3 Å². The van der Waals surface area contributed by atoms with Crippen molar-refractivity contribution in [3.8, 4) is 0 Å². The SMILES string of the molecule is CC(C(=O)N(C)Cc1ccco1)C(N)c1ccccc1.Cl. The van der Waals surface area contributed by atoms with Crippen LogP contribution in [0.3, 0.4) is 0 Å². The Bertz CT molecular complexity index is 543. The lowest BCUT2D eigenvalue weighted by molar-refractivity contribution is -0.135. The van der Waals surface area contributed by atoms with Crippen LogP contribution < -0.4 is 5.73 Å². The van der Waals surface area contributed by atoms with Gasteiger partial charge in [-0.05, 0) is 17.7 Å². The lowest BCUT2D eigenvalue weighted by Gasteiger charge is -2.25. The fourth-order valence-corrected chi connectivity index (χ4v) is 2.18. The Hall–Kier alpha value is -1.78. The third kappa shape index (κ3) is 4.34. The van der Waals surface area contributed by atoms with Gasteiger partial charge >= 0.3 is 0 Å². The molecule has 21 heavy (non-hydrogen) atoms. The van der Waals surface area contributed by atoms with Crippen LogP contribution in [-0.2, 0) is 11.3 Å². The van der Waals surface area contributed by atoms with Crippen molar-refractivity contribution in [2.75, 3.05) is 7.05 Å². The summed E-state index contributed by atoms with van der Waals surface area (Å²) in [6.45, 7) is 2.32. The third-order valence-corrected chi connectivity index (χ3v) is 3.46. The number of nitrogens with two attached hydrogens (primary N) is 1. The highest BCUT2D eigenvalue weighted by atomic mass is 35.5. The van der Waals surface area contributed by atoms with Crippen LogP contribution in [0, 0.1) is 5.92 Å². The minimum absolute atomic E-state index is 0. The number of furan rings is 1. The third-order valence-electron chi connectivity index (χ3n) is 3.46. The van der Waals surface area contributed by atoms with Crippen molar-refractivity contribution < 1.29 is 9.21 Å². The number of rotatable bonds is 5. The summed E-state index contributed by atoms with van der Waals surface area (Å²) in [5.74, 6) is 0.497. The summed E-state index contributed by atoms with van der Waals surface area (Å²) < 4.78 is 5.25. The van der Waals surface area contributed by atoms with Gasteiger partial charge in [0.15, 0.2) is 0 Å². The van der Waals surface area contributed by atoms with E-state index in [-0.39, 0.29) is 30.3 Å². The highest BCUT2D eigenvalue weighted by Gasteiger charge is 2.25. The summed E-state index contributed by atoms with van der Waals surface area (Å²) in [5, 5.41) is 0. The molecule has 0 bridgehead atoms. The van der Waals surface area contributed by atoms with Crippen LogP contribution >= 0.6 is 12.4 Å². The van der Waals surface area contributed by atoms with Crippen LogP contribution in [0.5, 0.6) is 0 Å². The van der Waals surface area contributed by atoms with Gasteiger partial charge < -0.3 is 15.1 Å². The summed E-state index contributed by atoms with van der Waals surface area (Å²) in [4.78, 5) is 14.0. The Kier molecular flexibility index (Phi) is 6.46. The molecule has 0 radical (unpaired) electrons. The smallest absolute Gasteiger partial charge is 0.227 e. The van der Waals surface area contributed by atoms with Crippen molar-refractivity contribution in [3.63, 3.8) is 0 Å². The van der Waals surface area contributed by atoms with Crippen LogP contribution in [0.2, 0.25) is 0 Å². The first-order chi connectivity index (χ1) is 9.59. The molecule has 5 heteroatoms. The Morgan fingerprint density at radius 3 is 2.48 bits per heavy atom. The Labute approximate surface area is 131 Å². The van der Waals surface area contributed by atoms with Gasteiger partial charge in [0.25, 0.3) is 0 Å². The van der Waals surface area contributed by atoms with E-state index in [1.165, 1.54) is 0 Å². The zero-order chi connectivity index (χ0) is 14.5. The fraction of sp³-hybridized carbons (Fsp3) is 0.312. The predicted octanol–water partition coefficient (Wildman–Crippen LogP) is 3.00. The topological polar surface area (TPSA) is 59.5 Å². The first-order valence-corrected chi connectivity index (χ1v) is 6.67. The molecule has 2 N–H and O–H groups in total. The van der Waals surface area contributed by atoms with Gasteiger partial charge in [-0.2, -0.15) is 0 Å². The zero-order valence-electron chi connectivity index (χ0n) is 12.2. The Morgan fingerprint density at radius 1 is 1.24 bits per heavy atom. The quantitative estimate of drug-likeness (QED) is 0.923. The molecule has 0 spiro atoms. The minimum atomic E-state index is -0.303. The summed E-state index contributed by atoms with van der Waals surface area (Å²) in [6, 6.07) is 13.0. The first-order valence-electron chi connectivity index (χ1n) is 6.67. The van der Waals surface area contributed by atoms with E-state index in [4.69, 9.17) is 10.2 Å². The molecule has 1 amide bonds. The van der Waals surface area contributed by atoms with E-state index < -0.39 is 0 Å². The molecule has 1 heterocycles. The van der Waals surface area contributed by atoms with Crippen LogP contribution in [0.25, 0.3) is 0 Å². The number of carbonyl (C=O) groups excluding carboxylic acids is 1. The zero-order valence-corrected chi connectivity index (χ0v) is 13.0. The maximum atomic E-state index is 12.4. The molecule has 1 aromatic carbocycles. The number of hydrogen-bond acceptors (Lipinski definition) is 3. The number of halogens is 1. The Balaban J connectivity index is 0.00000220. The van der Waals surface area contributed by atoms with Gasteiger partial charge in [-0.15, -0.1) is 12.4 Å². The van der Waals surface area contributed by atoms with Crippen molar-refractivity contribution in [1.82, 2.24) is 4.90 Å². The number of carbonyl (C=O) groups is 1. The highest BCUT2D eigenvalue weighted by Crippen LogP contribution is 2.21. The first kappa shape index (κ1) is 17.3. The van der Waals surface area contributed by atoms with Crippen LogP contribution in [-0.4, -0.2) is 17.9 Å². The molecule has 2 rings (SSSR count). The molecule has 2 atom stereocenters. The van der Waals surface area contributed by atoms with Crippen molar-refractivity contribution in [3.05, 3.63) is 60.1 Å². The molecule has 0 fully saturated rings. The molecule has 0 saturated carbocycles. The van der Waals surface area contributed by atoms with E-state index in [0.29, 0.717) is 6.54 Å². The second-order valence-electron chi connectivity index (χ2n) is 5.00. The summed E-state index contributed by atoms with van der Waals surface area (Å²) in [6.07, 6.45) is 1.60. The monoisotopic (exact) mass is 308 g/mol. The summed E-state index contributed by atoms with van der Waals surface area (Å²) in [7, 11) is 1.76. The second kappa shape index (κ2) is 7.86. The average molecular weight is 309 g/mol. The van der Waals surface area contributed by atoms with Crippen molar-refractivity contribution >= 4 is 18.3 Å². The maximum Gasteiger partial charge on any atom is 0.227 e.